The fourth-order valence-corrected chi connectivity index (χ4v) is 0.897. The van der Waals surface area contributed by atoms with E-state index in [0.29, 0.717) is 6.42 Å². The molecule has 16 heavy (non-hydrogen) atoms. The number of aliphatic hydroxyl groups is 1. The zero-order valence-corrected chi connectivity index (χ0v) is 8.92. The number of aliphatic carboxylic acids is 1. The molecule has 0 radical (unpaired) electrons. The lowest BCUT2D eigenvalue weighted by molar-refractivity contribution is -0.147. The number of hydrogen-bond donors (Lipinski definition) is 2. The number of carbonyl (C=O) groups excluding carboxylic acids is 1. The minimum absolute atomic E-state index is 0.00807. The smallest absolute Gasteiger partial charge is 0.330 e. The molecule has 1 unspecified atom stereocenters. The van der Waals surface area contributed by atoms with E-state index in [1.165, 1.54) is 0 Å². The van der Waals surface area contributed by atoms with Crippen LogP contribution in [-0.2, 0) is 19.1 Å². The van der Waals surface area contributed by atoms with Crippen LogP contribution in [0, 0.1) is 0 Å². The molecule has 6 nitrogen and oxygen atoms in total. The van der Waals surface area contributed by atoms with Gasteiger partial charge in [0.15, 0.2) is 6.29 Å². The Balaban J connectivity index is 3.36. The van der Waals surface area contributed by atoms with Gasteiger partial charge in [0, 0.05) is 12.5 Å². The van der Waals surface area contributed by atoms with Crippen molar-refractivity contribution in [3.8, 4) is 0 Å². The van der Waals surface area contributed by atoms with Gasteiger partial charge in [0.25, 0.3) is 0 Å². The number of rotatable bonds is 9. The number of carboxylic acid groups (broad SMARTS) is 1. The first kappa shape index (κ1) is 14.6. The van der Waals surface area contributed by atoms with Crippen molar-refractivity contribution >= 4 is 11.9 Å². The highest BCUT2D eigenvalue weighted by atomic mass is 16.6. The molecule has 92 valence electrons. The van der Waals surface area contributed by atoms with Crippen molar-refractivity contribution < 1.29 is 29.3 Å². The molecule has 0 fully saturated rings. The molecule has 0 aromatic carbocycles. The lowest BCUT2D eigenvalue weighted by Gasteiger charge is -2.10. The predicted octanol–water partition coefficient (Wildman–Crippen LogP) is 0.305. The molecular weight excluding hydrogens is 216 g/mol. The van der Waals surface area contributed by atoms with Gasteiger partial charge >= 0.3 is 11.9 Å². The van der Waals surface area contributed by atoms with Gasteiger partial charge in [-0.3, -0.25) is 4.79 Å². The summed E-state index contributed by atoms with van der Waals surface area (Å²) in [7, 11) is 0. The van der Waals surface area contributed by atoms with E-state index in [9.17, 15) is 14.7 Å². The zero-order valence-electron chi connectivity index (χ0n) is 8.92. The normalized spacial score (nSPS) is 11.8. The standard InChI is InChI=1S/C10H16O6/c1-2-9(13)15-6-7-16-10(14)5-3-4-8(11)12/h2,10,14H,1,3-7H2,(H,11,12). The second-order valence-electron chi connectivity index (χ2n) is 2.98. The first-order valence-corrected chi connectivity index (χ1v) is 4.87. The SMILES string of the molecule is C=CC(=O)OCCOC(O)CCCC(=O)O. The van der Waals surface area contributed by atoms with Gasteiger partial charge in [-0.05, 0) is 12.8 Å². The average Bonchev–Trinajstić information content (AvgIpc) is 2.23. The number of esters is 1. The second-order valence-corrected chi connectivity index (χ2v) is 2.98. The van der Waals surface area contributed by atoms with Crippen LogP contribution >= 0.6 is 0 Å². The van der Waals surface area contributed by atoms with Crippen LogP contribution in [0.5, 0.6) is 0 Å². The average molecular weight is 232 g/mol. The number of aliphatic hydroxyl groups excluding tert-OH is 1. The Hall–Kier alpha value is -1.40. The zero-order chi connectivity index (χ0) is 12.4. The summed E-state index contributed by atoms with van der Waals surface area (Å²) in [6.07, 6.45) is 0.571. The minimum atomic E-state index is -1.03. The van der Waals surface area contributed by atoms with E-state index in [2.05, 4.69) is 11.3 Å². The molecule has 0 saturated carbocycles. The molecule has 0 rings (SSSR count). The van der Waals surface area contributed by atoms with E-state index >= 15 is 0 Å². The van der Waals surface area contributed by atoms with Crippen molar-refractivity contribution in [2.75, 3.05) is 13.2 Å². The molecule has 0 spiro atoms. The molecule has 0 bridgehead atoms. The highest BCUT2D eigenvalue weighted by Gasteiger charge is 2.06. The van der Waals surface area contributed by atoms with Crippen LogP contribution in [-0.4, -0.2) is 41.7 Å². The highest BCUT2D eigenvalue weighted by molar-refractivity contribution is 5.81. The van der Waals surface area contributed by atoms with Gasteiger partial charge in [-0.2, -0.15) is 0 Å². The Kier molecular flexibility index (Phi) is 8.10. The van der Waals surface area contributed by atoms with Gasteiger partial charge in [-0.25, -0.2) is 4.79 Å². The molecular formula is C10H16O6. The number of hydrogen-bond acceptors (Lipinski definition) is 5. The quantitative estimate of drug-likeness (QED) is 0.257. The van der Waals surface area contributed by atoms with E-state index in [4.69, 9.17) is 9.84 Å². The maximum Gasteiger partial charge on any atom is 0.330 e. The summed E-state index contributed by atoms with van der Waals surface area (Å²) in [4.78, 5) is 20.7. The third-order valence-corrected chi connectivity index (χ3v) is 1.65. The topological polar surface area (TPSA) is 93.1 Å². The molecule has 0 heterocycles. The Labute approximate surface area is 93.5 Å². The third kappa shape index (κ3) is 9.17. The van der Waals surface area contributed by atoms with Crippen molar-refractivity contribution in [3.63, 3.8) is 0 Å². The van der Waals surface area contributed by atoms with Crippen molar-refractivity contribution in [1.82, 2.24) is 0 Å². The molecule has 0 saturated heterocycles. The molecule has 0 aliphatic rings. The van der Waals surface area contributed by atoms with E-state index in [-0.39, 0.29) is 26.1 Å². The van der Waals surface area contributed by atoms with Crippen molar-refractivity contribution in [3.05, 3.63) is 12.7 Å². The molecule has 0 amide bonds. The largest absolute Gasteiger partial charge is 0.481 e. The summed E-state index contributed by atoms with van der Waals surface area (Å²) in [5, 5.41) is 17.5. The Morgan fingerprint density at radius 2 is 2.06 bits per heavy atom. The summed E-state index contributed by atoms with van der Waals surface area (Å²) in [5.74, 6) is -1.46. The highest BCUT2D eigenvalue weighted by Crippen LogP contribution is 2.02. The van der Waals surface area contributed by atoms with Gasteiger partial charge < -0.3 is 19.7 Å². The van der Waals surface area contributed by atoms with Crippen LogP contribution in [0.2, 0.25) is 0 Å². The van der Waals surface area contributed by atoms with Crippen LogP contribution in [0.1, 0.15) is 19.3 Å². The van der Waals surface area contributed by atoms with Crippen LogP contribution in [0.15, 0.2) is 12.7 Å². The molecule has 0 aliphatic carbocycles. The summed E-state index contributed by atoms with van der Waals surface area (Å²) in [6, 6.07) is 0. The summed E-state index contributed by atoms with van der Waals surface area (Å²) >= 11 is 0. The number of carbonyl (C=O) groups is 2. The predicted molar refractivity (Wildman–Crippen MR) is 54.6 cm³/mol. The van der Waals surface area contributed by atoms with Gasteiger partial charge in [0.1, 0.15) is 6.61 Å². The molecule has 0 aromatic rings. The van der Waals surface area contributed by atoms with E-state index in [1.54, 1.807) is 0 Å². The lowest BCUT2D eigenvalue weighted by Crippen LogP contribution is -2.17. The number of ether oxygens (including phenoxy) is 2. The molecule has 0 aliphatic heterocycles. The third-order valence-electron chi connectivity index (χ3n) is 1.65. The molecule has 0 aromatic heterocycles. The first-order valence-electron chi connectivity index (χ1n) is 4.87. The Morgan fingerprint density at radius 3 is 2.62 bits per heavy atom. The van der Waals surface area contributed by atoms with Crippen LogP contribution in [0.3, 0.4) is 0 Å². The minimum Gasteiger partial charge on any atom is -0.481 e. The lowest BCUT2D eigenvalue weighted by atomic mass is 10.2. The van der Waals surface area contributed by atoms with Gasteiger partial charge in [-0.15, -0.1) is 0 Å². The summed E-state index contributed by atoms with van der Waals surface area (Å²) in [6.45, 7) is 3.30. The van der Waals surface area contributed by atoms with E-state index in [1.807, 2.05) is 0 Å². The fourth-order valence-electron chi connectivity index (χ4n) is 0.897. The fraction of sp³-hybridized carbons (Fsp3) is 0.600. The van der Waals surface area contributed by atoms with E-state index < -0.39 is 18.2 Å². The maximum atomic E-state index is 10.6. The van der Waals surface area contributed by atoms with Crippen molar-refractivity contribution in [2.24, 2.45) is 0 Å². The van der Waals surface area contributed by atoms with Gasteiger partial charge in [0.05, 0.1) is 6.61 Å². The monoisotopic (exact) mass is 232 g/mol. The molecule has 6 heteroatoms. The summed E-state index contributed by atoms with van der Waals surface area (Å²) < 4.78 is 9.47. The molecule has 1 atom stereocenters. The van der Waals surface area contributed by atoms with Crippen LogP contribution in [0.25, 0.3) is 0 Å². The maximum absolute atomic E-state index is 10.6. The first-order chi connectivity index (χ1) is 7.56. The van der Waals surface area contributed by atoms with Crippen LogP contribution < -0.4 is 0 Å². The van der Waals surface area contributed by atoms with E-state index in [0.717, 1.165) is 6.08 Å². The van der Waals surface area contributed by atoms with Gasteiger partial charge in [0.2, 0.25) is 0 Å². The van der Waals surface area contributed by atoms with Crippen molar-refractivity contribution in [1.29, 1.82) is 0 Å². The second kappa shape index (κ2) is 8.87. The van der Waals surface area contributed by atoms with Crippen LogP contribution in [0.4, 0.5) is 0 Å². The van der Waals surface area contributed by atoms with Crippen molar-refractivity contribution in [2.45, 2.75) is 25.6 Å². The summed E-state index contributed by atoms with van der Waals surface area (Å²) in [5.41, 5.74) is 0. The Bertz CT molecular complexity index is 237. The molecule has 2 N–H and O–H groups in total. The number of carboxylic acids is 1. The Morgan fingerprint density at radius 1 is 1.38 bits per heavy atom. The van der Waals surface area contributed by atoms with Gasteiger partial charge in [-0.1, -0.05) is 6.58 Å².